The van der Waals surface area contributed by atoms with E-state index in [1.54, 1.807) is 43.3 Å². The monoisotopic (exact) mass is 518 g/mol. The van der Waals surface area contributed by atoms with Gasteiger partial charge >= 0.3 is 17.9 Å². The SMILES string of the molecule is C=C(C)C(=O)Oc1ccc(-c2ccc(-c3ccc(OC(=O)CC)c(OC(=O)C(=C)C)c3)c(F)c2)cc1OC. The maximum absolute atomic E-state index is 15.3. The van der Waals surface area contributed by atoms with E-state index in [0.29, 0.717) is 22.4 Å². The average Bonchev–Trinajstić information content (AvgIpc) is 2.89. The number of carbonyl (C=O) groups is 3. The van der Waals surface area contributed by atoms with Gasteiger partial charge in [-0.05, 0) is 60.9 Å². The van der Waals surface area contributed by atoms with Crippen molar-refractivity contribution in [3.05, 3.63) is 84.7 Å². The summed E-state index contributed by atoms with van der Waals surface area (Å²) >= 11 is 0. The van der Waals surface area contributed by atoms with Crippen LogP contribution in [0.5, 0.6) is 23.0 Å². The third kappa shape index (κ3) is 6.53. The lowest BCUT2D eigenvalue weighted by atomic mass is 9.99. The Morgan fingerprint density at radius 2 is 1.21 bits per heavy atom. The lowest BCUT2D eigenvalue weighted by molar-refractivity contribution is -0.135. The number of hydrogen-bond donors (Lipinski definition) is 0. The van der Waals surface area contributed by atoms with Gasteiger partial charge in [-0.2, -0.15) is 0 Å². The number of ether oxygens (including phenoxy) is 4. The fourth-order valence-corrected chi connectivity index (χ4v) is 3.27. The van der Waals surface area contributed by atoms with E-state index in [9.17, 15) is 14.4 Å². The fraction of sp³-hybridized carbons (Fsp3) is 0.167. The lowest BCUT2D eigenvalue weighted by Crippen LogP contribution is -2.12. The number of hydrogen-bond acceptors (Lipinski definition) is 7. The van der Waals surface area contributed by atoms with Gasteiger partial charge in [0.2, 0.25) is 0 Å². The molecule has 0 radical (unpaired) electrons. The Balaban J connectivity index is 1.96. The van der Waals surface area contributed by atoms with Crippen LogP contribution in [0.15, 0.2) is 78.9 Å². The van der Waals surface area contributed by atoms with Crippen LogP contribution in [0, 0.1) is 5.82 Å². The number of halogens is 1. The van der Waals surface area contributed by atoms with Crippen LogP contribution < -0.4 is 18.9 Å². The smallest absolute Gasteiger partial charge is 0.338 e. The van der Waals surface area contributed by atoms with E-state index >= 15 is 4.39 Å². The average molecular weight is 519 g/mol. The predicted octanol–water partition coefficient (Wildman–Crippen LogP) is 6.45. The van der Waals surface area contributed by atoms with E-state index in [4.69, 9.17) is 18.9 Å². The second kappa shape index (κ2) is 12.0. The summed E-state index contributed by atoms with van der Waals surface area (Å²) in [6.07, 6.45) is 0.119. The lowest BCUT2D eigenvalue weighted by Gasteiger charge is -2.14. The zero-order chi connectivity index (χ0) is 28.0. The standard InChI is InChI=1S/C30H27FO7/c1-7-28(32)36-25-13-10-21(16-27(25)38-30(34)18(4)5)22-11-8-19(14-23(22)31)20-9-12-24(26(15-20)35-6)37-29(33)17(2)3/h8-16H,2,4,7H2,1,3,5-6H3. The molecular weight excluding hydrogens is 491 g/mol. The first-order chi connectivity index (χ1) is 18.0. The molecule has 0 aromatic heterocycles. The normalized spacial score (nSPS) is 10.3. The molecule has 8 heteroatoms. The molecule has 0 unspecified atom stereocenters. The maximum Gasteiger partial charge on any atom is 0.338 e. The molecule has 0 heterocycles. The van der Waals surface area contributed by atoms with Crippen molar-refractivity contribution in [1.82, 2.24) is 0 Å². The van der Waals surface area contributed by atoms with Crippen LogP contribution in [0.25, 0.3) is 22.3 Å². The van der Waals surface area contributed by atoms with Gasteiger partial charge in [0.25, 0.3) is 0 Å². The third-order valence-corrected chi connectivity index (χ3v) is 5.34. The van der Waals surface area contributed by atoms with Crippen LogP contribution in [-0.2, 0) is 14.4 Å². The summed E-state index contributed by atoms with van der Waals surface area (Å²) < 4.78 is 36.5. The number of rotatable bonds is 9. The number of carbonyl (C=O) groups excluding carboxylic acids is 3. The molecule has 38 heavy (non-hydrogen) atoms. The van der Waals surface area contributed by atoms with Crippen LogP contribution in [0.4, 0.5) is 4.39 Å². The van der Waals surface area contributed by atoms with Gasteiger partial charge in [-0.3, -0.25) is 4.79 Å². The van der Waals surface area contributed by atoms with Crippen molar-refractivity contribution in [3.63, 3.8) is 0 Å². The highest BCUT2D eigenvalue weighted by molar-refractivity contribution is 5.90. The Morgan fingerprint density at radius 3 is 1.76 bits per heavy atom. The molecule has 0 aliphatic rings. The van der Waals surface area contributed by atoms with Crippen LogP contribution >= 0.6 is 0 Å². The molecular formula is C30H27FO7. The van der Waals surface area contributed by atoms with Gasteiger partial charge in [0.05, 0.1) is 7.11 Å². The first-order valence-corrected chi connectivity index (χ1v) is 11.6. The molecule has 0 aliphatic carbocycles. The summed E-state index contributed by atoms with van der Waals surface area (Å²) in [5, 5.41) is 0. The van der Waals surface area contributed by atoms with E-state index < -0.39 is 23.7 Å². The van der Waals surface area contributed by atoms with Gasteiger partial charge < -0.3 is 18.9 Å². The van der Waals surface area contributed by atoms with Crippen LogP contribution in [0.1, 0.15) is 27.2 Å². The first-order valence-electron chi connectivity index (χ1n) is 11.6. The molecule has 0 amide bonds. The summed E-state index contributed by atoms with van der Waals surface area (Å²) in [7, 11) is 1.43. The Labute approximate surface area is 220 Å². The minimum absolute atomic E-state index is 0.0340. The van der Waals surface area contributed by atoms with Crippen LogP contribution in [0.2, 0.25) is 0 Å². The van der Waals surface area contributed by atoms with Crippen molar-refractivity contribution in [1.29, 1.82) is 0 Å². The van der Waals surface area contributed by atoms with Gasteiger partial charge in [-0.25, -0.2) is 14.0 Å². The number of esters is 3. The predicted molar refractivity (Wildman–Crippen MR) is 141 cm³/mol. The van der Waals surface area contributed by atoms with E-state index in [2.05, 4.69) is 13.2 Å². The van der Waals surface area contributed by atoms with Gasteiger partial charge in [0.15, 0.2) is 23.0 Å². The molecule has 7 nitrogen and oxygen atoms in total. The minimum atomic E-state index is -0.710. The van der Waals surface area contributed by atoms with Crippen molar-refractivity contribution in [2.24, 2.45) is 0 Å². The van der Waals surface area contributed by atoms with Gasteiger partial charge in [0, 0.05) is 23.1 Å². The summed E-state index contributed by atoms with van der Waals surface area (Å²) in [4.78, 5) is 35.8. The van der Waals surface area contributed by atoms with Gasteiger partial charge in [0.1, 0.15) is 5.82 Å². The molecule has 0 bridgehead atoms. The Bertz CT molecular complexity index is 1440. The summed E-state index contributed by atoms with van der Waals surface area (Å²) in [6, 6.07) is 13.9. The zero-order valence-corrected chi connectivity index (χ0v) is 21.6. The van der Waals surface area contributed by atoms with E-state index in [-0.39, 0.29) is 40.4 Å². The van der Waals surface area contributed by atoms with Crippen LogP contribution in [-0.4, -0.2) is 25.0 Å². The van der Waals surface area contributed by atoms with Gasteiger partial charge in [-0.15, -0.1) is 0 Å². The topological polar surface area (TPSA) is 88.1 Å². The highest BCUT2D eigenvalue weighted by atomic mass is 19.1. The summed E-state index contributed by atoms with van der Waals surface area (Å²) in [5.74, 6) is -1.86. The van der Waals surface area contributed by atoms with Crippen molar-refractivity contribution in [2.45, 2.75) is 27.2 Å². The molecule has 0 saturated heterocycles. The van der Waals surface area contributed by atoms with Crippen LogP contribution in [0.3, 0.4) is 0 Å². The highest BCUT2D eigenvalue weighted by Crippen LogP contribution is 2.37. The number of benzene rings is 3. The largest absolute Gasteiger partial charge is 0.493 e. The van der Waals surface area contributed by atoms with Crippen molar-refractivity contribution in [3.8, 4) is 45.3 Å². The second-order valence-electron chi connectivity index (χ2n) is 8.39. The zero-order valence-electron chi connectivity index (χ0n) is 21.6. The molecule has 0 N–H and O–H groups in total. The molecule has 0 saturated carbocycles. The maximum atomic E-state index is 15.3. The quantitative estimate of drug-likeness (QED) is 0.183. The summed E-state index contributed by atoms with van der Waals surface area (Å²) in [5.41, 5.74) is 2.19. The Hall–Kier alpha value is -4.72. The highest BCUT2D eigenvalue weighted by Gasteiger charge is 2.18. The van der Waals surface area contributed by atoms with Crippen molar-refractivity contribution >= 4 is 17.9 Å². The molecule has 0 fully saturated rings. The summed E-state index contributed by atoms with van der Waals surface area (Å²) in [6.45, 7) is 11.8. The van der Waals surface area contributed by atoms with Gasteiger partial charge in [-0.1, -0.05) is 44.3 Å². The minimum Gasteiger partial charge on any atom is -0.493 e. The third-order valence-electron chi connectivity index (χ3n) is 5.34. The van der Waals surface area contributed by atoms with E-state index in [1.807, 2.05) is 0 Å². The second-order valence-corrected chi connectivity index (χ2v) is 8.39. The molecule has 3 aromatic rings. The molecule has 196 valence electrons. The van der Waals surface area contributed by atoms with Crippen molar-refractivity contribution in [2.75, 3.05) is 7.11 Å². The number of methoxy groups -OCH3 is 1. The molecule has 0 aliphatic heterocycles. The fourth-order valence-electron chi connectivity index (χ4n) is 3.27. The van der Waals surface area contributed by atoms with Crippen molar-refractivity contribution < 1.29 is 37.7 Å². The first kappa shape index (κ1) is 27.9. The Kier molecular flexibility index (Phi) is 8.81. The molecule has 3 rings (SSSR count). The Morgan fingerprint density at radius 1 is 0.711 bits per heavy atom. The van der Waals surface area contributed by atoms with E-state index in [1.165, 1.54) is 39.2 Å². The molecule has 3 aromatic carbocycles. The molecule has 0 atom stereocenters. The van der Waals surface area contributed by atoms with E-state index in [0.717, 1.165) is 0 Å². The molecule has 0 spiro atoms.